The monoisotopic (exact) mass is 367 g/mol. The van der Waals surface area contributed by atoms with Gasteiger partial charge in [-0.2, -0.15) is 0 Å². The lowest BCUT2D eigenvalue weighted by Gasteiger charge is -2.21. The molecule has 2 N–H and O–H groups in total. The van der Waals surface area contributed by atoms with E-state index in [2.05, 4.69) is 9.97 Å². The topological polar surface area (TPSA) is 95.5 Å². The smallest absolute Gasteiger partial charge is 0.348 e. The van der Waals surface area contributed by atoms with Crippen LogP contribution in [0.25, 0.3) is 10.2 Å². The SMILES string of the molecule is CCN(Cc1nc2sc(C(=O)OC(C)C)c(C)c2c(=O)[nH]1)C[C@@H](C)O. The van der Waals surface area contributed by atoms with E-state index < -0.39 is 12.1 Å². The minimum atomic E-state index is -0.461. The van der Waals surface area contributed by atoms with E-state index in [1.807, 2.05) is 11.8 Å². The third-order valence-electron chi connectivity index (χ3n) is 3.72. The lowest BCUT2D eigenvalue weighted by molar-refractivity contribution is 0.0383. The Morgan fingerprint density at radius 1 is 1.40 bits per heavy atom. The zero-order valence-electron chi connectivity index (χ0n) is 15.3. The summed E-state index contributed by atoms with van der Waals surface area (Å²) in [6.07, 6.45) is -0.686. The lowest BCUT2D eigenvalue weighted by Crippen LogP contribution is -2.31. The highest BCUT2D eigenvalue weighted by atomic mass is 32.1. The average molecular weight is 367 g/mol. The number of H-pyrrole nitrogens is 1. The van der Waals surface area contributed by atoms with Gasteiger partial charge in [0.15, 0.2) is 0 Å². The number of aliphatic hydroxyl groups excluding tert-OH is 1. The maximum atomic E-state index is 12.5. The number of carbonyl (C=O) groups excluding carboxylic acids is 1. The van der Waals surface area contributed by atoms with Crippen molar-refractivity contribution < 1.29 is 14.6 Å². The summed E-state index contributed by atoms with van der Waals surface area (Å²) in [5.41, 5.74) is 0.340. The minimum Gasteiger partial charge on any atom is -0.459 e. The molecule has 0 radical (unpaired) electrons. The molecule has 0 aliphatic rings. The molecule has 2 heterocycles. The summed E-state index contributed by atoms with van der Waals surface area (Å²) in [7, 11) is 0. The molecule has 0 fully saturated rings. The molecule has 0 unspecified atom stereocenters. The zero-order chi connectivity index (χ0) is 18.7. The molecule has 1 atom stereocenters. The summed E-state index contributed by atoms with van der Waals surface area (Å²) in [5, 5.41) is 9.98. The van der Waals surface area contributed by atoms with Crippen LogP contribution >= 0.6 is 11.3 Å². The summed E-state index contributed by atoms with van der Waals surface area (Å²) in [6.45, 7) is 10.6. The first-order valence-electron chi connectivity index (χ1n) is 8.36. The van der Waals surface area contributed by atoms with E-state index in [1.165, 1.54) is 11.3 Å². The highest BCUT2D eigenvalue weighted by Gasteiger charge is 2.21. The molecule has 0 saturated heterocycles. The Morgan fingerprint density at radius 2 is 2.08 bits per heavy atom. The maximum absolute atomic E-state index is 12.5. The number of aromatic nitrogens is 2. The van der Waals surface area contributed by atoms with Crippen molar-refractivity contribution in [1.29, 1.82) is 0 Å². The fourth-order valence-electron chi connectivity index (χ4n) is 2.62. The van der Waals surface area contributed by atoms with Gasteiger partial charge in [0.05, 0.1) is 24.1 Å². The van der Waals surface area contributed by atoms with Crippen LogP contribution in [0, 0.1) is 6.92 Å². The van der Waals surface area contributed by atoms with Crippen molar-refractivity contribution >= 4 is 27.5 Å². The second kappa shape index (κ2) is 8.07. The highest BCUT2D eigenvalue weighted by Crippen LogP contribution is 2.28. The van der Waals surface area contributed by atoms with Crippen LogP contribution in [0.5, 0.6) is 0 Å². The molecule has 2 rings (SSSR count). The van der Waals surface area contributed by atoms with Crippen molar-refractivity contribution in [2.24, 2.45) is 0 Å². The van der Waals surface area contributed by atoms with Crippen LogP contribution < -0.4 is 5.56 Å². The molecule has 0 bridgehead atoms. The zero-order valence-corrected chi connectivity index (χ0v) is 16.1. The number of likely N-dealkylation sites (N-methyl/N-ethyl adjacent to an activating group) is 1. The van der Waals surface area contributed by atoms with Crippen molar-refractivity contribution in [1.82, 2.24) is 14.9 Å². The molecule has 0 saturated carbocycles. The van der Waals surface area contributed by atoms with Crippen LogP contribution in [0.4, 0.5) is 0 Å². The number of rotatable bonds is 7. The van der Waals surface area contributed by atoms with Crippen LogP contribution in [-0.2, 0) is 11.3 Å². The summed E-state index contributed by atoms with van der Waals surface area (Å²) in [4.78, 5) is 34.9. The molecule has 0 aliphatic carbocycles. The number of carbonyl (C=O) groups is 1. The van der Waals surface area contributed by atoms with Gasteiger partial charge in [0, 0.05) is 6.54 Å². The van der Waals surface area contributed by atoms with Crippen LogP contribution in [-0.4, -0.2) is 51.2 Å². The van der Waals surface area contributed by atoms with Gasteiger partial charge in [0.25, 0.3) is 5.56 Å². The molecule has 0 amide bonds. The standard InChI is InChI=1S/C17H25N3O4S/c1-6-20(7-10(4)21)8-12-18-15(22)13-11(5)14(25-16(13)19-12)17(23)24-9(2)3/h9-10,21H,6-8H2,1-5H3,(H,18,19,22)/t10-/m1/s1. The normalized spacial score (nSPS) is 13.0. The van der Waals surface area contributed by atoms with Gasteiger partial charge in [-0.05, 0) is 39.8 Å². The van der Waals surface area contributed by atoms with Gasteiger partial charge in [-0.1, -0.05) is 6.92 Å². The Kier molecular flexibility index (Phi) is 6.31. The van der Waals surface area contributed by atoms with Gasteiger partial charge in [0.1, 0.15) is 15.5 Å². The first kappa shape index (κ1) is 19.6. The molecular weight excluding hydrogens is 342 g/mol. The highest BCUT2D eigenvalue weighted by molar-refractivity contribution is 7.20. The fraction of sp³-hybridized carbons (Fsp3) is 0.588. The fourth-order valence-corrected chi connectivity index (χ4v) is 3.70. The van der Waals surface area contributed by atoms with E-state index in [-0.39, 0.29) is 11.7 Å². The first-order chi connectivity index (χ1) is 11.7. The van der Waals surface area contributed by atoms with Crippen LogP contribution in [0.15, 0.2) is 4.79 Å². The molecule has 25 heavy (non-hydrogen) atoms. The third kappa shape index (κ3) is 4.65. The van der Waals surface area contributed by atoms with Gasteiger partial charge in [-0.25, -0.2) is 9.78 Å². The number of aliphatic hydroxyl groups is 1. The predicted molar refractivity (Wildman–Crippen MR) is 98.2 cm³/mol. The van der Waals surface area contributed by atoms with E-state index in [0.717, 1.165) is 6.54 Å². The Labute approximate surface area is 150 Å². The first-order valence-corrected chi connectivity index (χ1v) is 9.18. The number of aryl methyl sites for hydroxylation is 1. The Hall–Kier alpha value is -1.77. The van der Waals surface area contributed by atoms with Gasteiger partial charge >= 0.3 is 5.97 Å². The molecule has 0 aromatic carbocycles. The summed E-state index contributed by atoms with van der Waals surface area (Å²) in [5.74, 6) is 0.0887. The number of nitrogens with zero attached hydrogens (tertiary/aromatic N) is 2. The number of fused-ring (bicyclic) bond motifs is 1. The second-order valence-electron chi connectivity index (χ2n) is 6.38. The van der Waals surface area contributed by atoms with Crippen molar-refractivity contribution in [3.8, 4) is 0 Å². The van der Waals surface area contributed by atoms with E-state index in [4.69, 9.17) is 4.74 Å². The number of aromatic amines is 1. The molecule has 0 aliphatic heterocycles. The van der Waals surface area contributed by atoms with Crippen LogP contribution in [0.1, 0.15) is 48.8 Å². The van der Waals surface area contributed by atoms with Crippen LogP contribution in [0.2, 0.25) is 0 Å². The quantitative estimate of drug-likeness (QED) is 0.727. The van der Waals surface area contributed by atoms with E-state index in [1.54, 1.807) is 27.7 Å². The van der Waals surface area contributed by atoms with Crippen molar-refractivity contribution in [3.63, 3.8) is 0 Å². The predicted octanol–water partition coefficient (Wildman–Crippen LogP) is 2.06. The van der Waals surface area contributed by atoms with Crippen molar-refractivity contribution in [3.05, 3.63) is 26.6 Å². The summed E-state index contributed by atoms with van der Waals surface area (Å²) < 4.78 is 5.24. The molecule has 2 aromatic rings. The molecule has 8 heteroatoms. The Bertz CT molecular complexity index is 810. The number of esters is 1. The van der Waals surface area contributed by atoms with Crippen molar-refractivity contribution in [2.75, 3.05) is 13.1 Å². The van der Waals surface area contributed by atoms with Crippen LogP contribution in [0.3, 0.4) is 0 Å². The Morgan fingerprint density at radius 3 is 2.64 bits per heavy atom. The summed E-state index contributed by atoms with van der Waals surface area (Å²) >= 11 is 1.18. The molecular formula is C17H25N3O4S. The average Bonchev–Trinajstić information content (AvgIpc) is 2.82. The summed E-state index contributed by atoms with van der Waals surface area (Å²) in [6, 6.07) is 0. The van der Waals surface area contributed by atoms with E-state index >= 15 is 0 Å². The number of nitrogens with one attached hydrogen (secondary N) is 1. The van der Waals surface area contributed by atoms with Gasteiger partial charge in [0.2, 0.25) is 0 Å². The van der Waals surface area contributed by atoms with Gasteiger partial charge < -0.3 is 14.8 Å². The minimum absolute atomic E-state index is 0.225. The molecule has 0 spiro atoms. The third-order valence-corrected chi connectivity index (χ3v) is 4.89. The second-order valence-corrected chi connectivity index (χ2v) is 7.38. The van der Waals surface area contributed by atoms with Gasteiger partial charge in [-0.15, -0.1) is 11.3 Å². The van der Waals surface area contributed by atoms with E-state index in [9.17, 15) is 14.7 Å². The maximum Gasteiger partial charge on any atom is 0.348 e. The largest absolute Gasteiger partial charge is 0.459 e. The molecule has 2 aromatic heterocycles. The number of hydrogen-bond donors (Lipinski definition) is 2. The van der Waals surface area contributed by atoms with E-state index in [0.29, 0.717) is 39.6 Å². The Balaban J connectivity index is 2.38. The lowest BCUT2D eigenvalue weighted by atomic mass is 10.2. The van der Waals surface area contributed by atoms with Gasteiger partial charge in [-0.3, -0.25) is 9.69 Å². The number of thiophene rings is 1. The molecule has 138 valence electrons. The van der Waals surface area contributed by atoms with Crippen molar-refractivity contribution in [2.45, 2.75) is 53.4 Å². The molecule has 7 nitrogen and oxygen atoms in total. The number of ether oxygens (including phenoxy) is 1. The number of hydrogen-bond acceptors (Lipinski definition) is 7.